The van der Waals surface area contributed by atoms with Crippen LogP contribution in [0.25, 0.3) is 22.4 Å². The fourth-order valence-electron chi connectivity index (χ4n) is 8.21. The van der Waals surface area contributed by atoms with E-state index in [1.807, 2.05) is 12.1 Å². The van der Waals surface area contributed by atoms with Crippen molar-refractivity contribution in [2.24, 2.45) is 29.6 Å². The van der Waals surface area contributed by atoms with Crippen LogP contribution in [0.4, 0.5) is 0 Å². The number of nitrogens with one attached hydrogen (secondary N) is 1. The highest BCUT2D eigenvalue weighted by Crippen LogP contribution is 2.62. The Hall–Kier alpha value is -3.01. The predicted octanol–water partition coefficient (Wildman–Crippen LogP) is 8.75. The highest BCUT2D eigenvalue weighted by atomic mass is 16.5. The number of carboxylic acid groups (broad SMARTS) is 1. The first-order valence-corrected chi connectivity index (χ1v) is 15.0. The summed E-state index contributed by atoms with van der Waals surface area (Å²) in [7, 11) is 0. The molecule has 206 valence electrons. The number of carboxylic acids is 1. The largest absolute Gasteiger partial charge is 0.493 e. The van der Waals surface area contributed by atoms with Gasteiger partial charge in [-0.3, -0.25) is 0 Å². The number of rotatable bonds is 9. The number of aromatic carboxylic acids is 1. The molecular formula is C35H43NO3. The van der Waals surface area contributed by atoms with Gasteiger partial charge in [-0.2, -0.15) is 0 Å². The summed E-state index contributed by atoms with van der Waals surface area (Å²) in [5.74, 6) is 3.84. The summed E-state index contributed by atoms with van der Waals surface area (Å²) in [6, 6.07) is 16.4. The molecule has 0 radical (unpaired) electrons. The zero-order valence-corrected chi connectivity index (χ0v) is 23.9. The standard InChI is InChI=1S/C35H43NO3/c1-21(2)11-32-29(16-31(36-32)26-5-7-27(8-6-26)34(37)38)28-9-10-33(39-20-22(3)4)30(15-28)35-17-23-12-24(18-35)14-25(13-23)19-35/h5-10,15-16,21-25,36H,11-14,17-20H2,1-4H3,(H,37,38). The Morgan fingerprint density at radius 2 is 1.51 bits per heavy atom. The van der Waals surface area contributed by atoms with E-state index in [-0.39, 0.29) is 5.41 Å². The summed E-state index contributed by atoms with van der Waals surface area (Å²) in [6.07, 6.45) is 9.19. The van der Waals surface area contributed by atoms with Crippen LogP contribution in [0.3, 0.4) is 0 Å². The van der Waals surface area contributed by atoms with Crippen molar-refractivity contribution in [2.45, 2.75) is 78.1 Å². The van der Waals surface area contributed by atoms with Crippen molar-refractivity contribution < 1.29 is 14.6 Å². The smallest absolute Gasteiger partial charge is 0.335 e. The van der Waals surface area contributed by atoms with E-state index in [1.165, 1.54) is 60.9 Å². The van der Waals surface area contributed by atoms with Crippen LogP contribution in [0, 0.1) is 29.6 Å². The molecule has 4 heteroatoms. The molecule has 0 saturated heterocycles. The molecule has 39 heavy (non-hydrogen) atoms. The number of carbonyl (C=O) groups is 1. The van der Waals surface area contributed by atoms with E-state index >= 15 is 0 Å². The Morgan fingerprint density at radius 1 is 0.897 bits per heavy atom. The third-order valence-electron chi connectivity index (χ3n) is 9.43. The van der Waals surface area contributed by atoms with Crippen molar-refractivity contribution in [1.82, 2.24) is 4.98 Å². The first kappa shape index (κ1) is 26.2. The molecule has 7 rings (SSSR count). The molecule has 0 unspecified atom stereocenters. The minimum atomic E-state index is -0.897. The molecular weight excluding hydrogens is 482 g/mol. The molecule has 2 N–H and O–H groups in total. The summed E-state index contributed by atoms with van der Waals surface area (Å²) in [4.78, 5) is 15.1. The maximum atomic E-state index is 11.4. The molecule has 4 aliphatic carbocycles. The molecule has 4 fully saturated rings. The molecule has 1 heterocycles. The zero-order valence-electron chi connectivity index (χ0n) is 23.9. The predicted molar refractivity (Wildman–Crippen MR) is 157 cm³/mol. The number of H-pyrrole nitrogens is 1. The van der Waals surface area contributed by atoms with Gasteiger partial charge >= 0.3 is 5.97 Å². The van der Waals surface area contributed by atoms with Crippen LogP contribution in [0.5, 0.6) is 5.75 Å². The van der Waals surface area contributed by atoms with E-state index in [1.54, 1.807) is 12.1 Å². The minimum absolute atomic E-state index is 0.251. The number of ether oxygens (including phenoxy) is 1. The first-order chi connectivity index (χ1) is 18.7. The van der Waals surface area contributed by atoms with E-state index in [2.05, 4.69) is 56.9 Å². The van der Waals surface area contributed by atoms with E-state index in [0.29, 0.717) is 17.4 Å². The van der Waals surface area contributed by atoms with Gasteiger partial charge < -0.3 is 14.8 Å². The van der Waals surface area contributed by atoms with Gasteiger partial charge in [0.15, 0.2) is 0 Å². The van der Waals surface area contributed by atoms with Gasteiger partial charge in [0.1, 0.15) is 5.75 Å². The third kappa shape index (κ3) is 5.15. The van der Waals surface area contributed by atoms with Gasteiger partial charge in [-0.25, -0.2) is 4.79 Å². The highest BCUT2D eigenvalue weighted by molar-refractivity contribution is 5.88. The monoisotopic (exact) mass is 525 g/mol. The Morgan fingerprint density at radius 3 is 2.08 bits per heavy atom. The summed E-state index contributed by atoms with van der Waals surface area (Å²) in [5.41, 5.74) is 7.81. The Labute approximate surface area is 233 Å². The second kappa shape index (κ2) is 10.2. The van der Waals surface area contributed by atoms with Gasteiger partial charge in [-0.15, -0.1) is 0 Å². The molecule has 4 nitrogen and oxygen atoms in total. The summed E-state index contributed by atoms with van der Waals surface area (Å²) >= 11 is 0. The molecule has 4 bridgehead atoms. The normalized spacial score (nSPS) is 25.5. The van der Waals surface area contributed by atoms with Crippen LogP contribution in [-0.2, 0) is 11.8 Å². The zero-order chi connectivity index (χ0) is 27.3. The fourth-order valence-corrected chi connectivity index (χ4v) is 8.21. The maximum absolute atomic E-state index is 11.4. The Bertz CT molecular complexity index is 1310. The van der Waals surface area contributed by atoms with Crippen molar-refractivity contribution >= 4 is 5.97 Å². The van der Waals surface area contributed by atoms with Crippen LogP contribution < -0.4 is 4.74 Å². The summed E-state index contributed by atoms with van der Waals surface area (Å²) in [5, 5.41) is 9.33. The molecule has 1 aromatic heterocycles. The van der Waals surface area contributed by atoms with E-state index < -0.39 is 5.97 Å². The number of aromatic nitrogens is 1. The lowest BCUT2D eigenvalue weighted by molar-refractivity contribution is -0.00647. The van der Waals surface area contributed by atoms with Crippen LogP contribution >= 0.6 is 0 Å². The topological polar surface area (TPSA) is 62.3 Å². The molecule has 0 spiro atoms. The van der Waals surface area contributed by atoms with Gasteiger partial charge in [-0.1, -0.05) is 45.9 Å². The van der Waals surface area contributed by atoms with Crippen LogP contribution in [0.1, 0.15) is 87.8 Å². The van der Waals surface area contributed by atoms with Crippen molar-refractivity contribution in [3.63, 3.8) is 0 Å². The number of hydrogen-bond donors (Lipinski definition) is 2. The lowest BCUT2D eigenvalue weighted by atomic mass is 9.48. The molecule has 4 saturated carbocycles. The molecule has 2 aromatic carbocycles. The second-order valence-electron chi connectivity index (χ2n) is 13.7. The molecule has 0 aliphatic heterocycles. The fraction of sp³-hybridized carbons (Fsp3) is 0.514. The van der Waals surface area contributed by atoms with Crippen molar-refractivity contribution in [3.05, 3.63) is 65.4 Å². The third-order valence-corrected chi connectivity index (χ3v) is 9.43. The van der Waals surface area contributed by atoms with Crippen LogP contribution in [0.15, 0.2) is 48.5 Å². The Kier molecular flexibility index (Phi) is 6.85. The van der Waals surface area contributed by atoms with Gasteiger partial charge in [-0.05, 0) is 121 Å². The van der Waals surface area contributed by atoms with Crippen molar-refractivity contribution in [2.75, 3.05) is 6.61 Å². The average molecular weight is 526 g/mol. The maximum Gasteiger partial charge on any atom is 0.335 e. The van der Waals surface area contributed by atoms with E-state index in [4.69, 9.17) is 4.74 Å². The highest BCUT2D eigenvalue weighted by Gasteiger charge is 2.52. The van der Waals surface area contributed by atoms with Gasteiger partial charge in [0.25, 0.3) is 0 Å². The lowest BCUT2D eigenvalue weighted by Crippen LogP contribution is -2.48. The summed E-state index contributed by atoms with van der Waals surface area (Å²) in [6.45, 7) is 9.71. The minimum Gasteiger partial charge on any atom is -0.493 e. The molecule has 4 aliphatic rings. The summed E-state index contributed by atoms with van der Waals surface area (Å²) < 4.78 is 6.52. The van der Waals surface area contributed by atoms with Gasteiger partial charge in [0, 0.05) is 22.5 Å². The van der Waals surface area contributed by atoms with Gasteiger partial charge in [0.2, 0.25) is 0 Å². The number of aromatic amines is 1. The second-order valence-corrected chi connectivity index (χ2v) is 13.7. The molecule has 3 aromatic rings. The average Bonchev–Trinajstić information content (AvgIpc) is 3.29. The molecule has 0 atom stereocenters. The molecule has 0 amide bonds. The quantitative estimate of drug-likeness (QED) is 0.293. The van der Waals surface area contributed by atoms with E-state index in [0.717, 1.165) is 47.8 Å². The van der Waals surface area contributed by atoms with Crippen LogP contribution in [0.2, 0.25) is 0 Å². The number of benzene rings is 2. The van der Waals surface area contributed by atoms with Crippen molar-refractivity contribution in [3.8, 4) is 28.1 Å². The SMILES string of the molecule is CC(C)COc1ccc(-c2cc(-c3ccc(C(=O)O)cc3)[nH]c2CC(C)C)cc1C12CC3CC(CC(C3)C1)C2. The first-order valence-electron chi connectivity index (χ1n) is 15.0. The lowest BCUT2D eigenvalue weighted by Gasteiger charge is -2.57. The van der Waals surface area contributed by atoms with Crippen molar-refractivity contribution in [1.29, 1.82) is 0 Å². The van der Waals surface area contributed by atoms with Crippen LogP contribution in [-0.4, -0.2) is 22.7 Å². The number of hydrogen-bond acceptors (Lipinski definition) is 2. The Balaban J connectivity index is 1.43. The van der Waals surface area contributed by atoms with Gasteiger partial charge in [0.05, 0.1) is 12.2 Å². The van der Waals surface area contributed by atoms with E-state index in [9.17, 15) is 9.90 Å².